The van der Waals surface area contributed by atoms with E-state index in [0.717, 1.165) is 16.9 Å². The molecule has 0 atom stereocenters. The molecule has 0 fully saturated rings. The van der Waals surface area contributed by atoms with Crippen molar-refractivity contribution in [3.63, 3.8) is 0 Å². The monoisotopic (exact) mass is 376 g/mol. The van der Waals surface area contributed by atoms with Crippen LogP contribution in [0.1, 0.15) is 12.7 Å². The molecule has 0 aliphatic heterocycles. The summed E-state index contributed by atoms with van der Waals surface area (Å²) in [6.45, 7) is 2.88. The summed E-state index contributed by atoms with van der Waals surface area (Å²) in [7, 11) is 0. The summed E-state index contributed by atoms with van der Waals surface area (Å²) < 4.78 is 18.6. The van der Waals surface area contributed by atoms with Crippen LogP contribution < -0.4 is 9.47 Å². The molecule has 5 aromatic rings. The number of nitrogens with zero attached hydrogens (tertiary/aromatic N) is 5. The molecule has 9 nitrogen and oxygen atoms in total. The number of nitrogens with one attached hydrogen (secondary N) is 1. The quantitative estimate of drug-likeness (QED) is 0.485. The van der Waals surface area contributed by atoms with Gasteiger partial charge in [-0.1, -0.05) is 0 Å². The molecule has 9 heteroatoms. The van der Waals surface area contributed by atoms with Crippen molar-refractivity contribution >= 4 is 16.7 Å². The molecule has 0 aliphatic carbocycles. The Hall–Kier alpha value is -3.88. The summed E-state index contributed by atoms with van der Waals surface area (Å²) in [4.78, 5) is 8.79. The van der Waals surface area contributed by atoms with E-state index in [4.69, 9.17) is 13.9 Å². The Morgan fingerprint density at radius 2 is 1.89 bits per heavy atom. The lowest BCUT2D eigenvalue weighted by Crippen LogP contribution is -1.94. The number of rotatable bonds is 6. The van der Waals surface area contributed by atoms with Gasteiger partial charge in [0.1, 0.15) is 30.2 Å². The van der Waals surface area contributed by atoms with Gasteiger partial charge in [0.2, 0.25) is 5.82 Å². The van der Waals surface area contributed by atoms with Gasteiger partial charge in [-0.05, 0) is 43.3 Å². The first-order valence-electron chi connectivity index (χ1n) is 8.79. The number of fused-ring (bicyclic) bond motifs is 3. The smallest absolute Gasteiger partial charge is 0.217 e. The number of aromatic amines is 1. The van der Waals surface area contributed by atoms with E-state index in [2.05, 4.69) is 25.3 Å². The highest BCUT2D eigenvalue weighted by Gasteiger charge is 2.14. The van der Waals surface area contributed by atoms with Crippen LogP contribution in [-0.4, -0.2) is 36.4 Å². The number of hydrogen-bond donors (Lipinski definition) is 1. The van der Waals surface area contributed by atoms with E-state index in [1.165, 1.54) is 0 Å². The van der Waals surface area contributed by atoms with Gasteiger partial charge < -0.3 is 13.9 Å². The molecule has 4 aromatic heterocycles. The van der Waals surface area contributed by atoms with E-state index in [1.807, 2.05) is 43.3 Å². The fourth-order valence-electron chi connectivity index (χ4n) is 2.87. The molecular formula is C19H16N6O3. The third kappa shape index (κ3) is 2.92. The zero-order valence-corrected chi connectivity index (χ0v) is 15.0. The largest absolute Gasteiger partial charge is 0.494 e. The molecule has 5 rings (SSSR count). The molecule has 140 valence electrons. The first kappa shape index (κ1) is 16.3. The van der Waals surface area contributed by atoms with Crippen molar-refractivity contribution in [2.75, 3.05) is 6.61 Å². The second-order valence-corrected chi connectivity index (χ2v) is 6.04. The second-order valence-electron chi connectivity index (χ2n) is 6.04. The van der Waals surface area contributed by atoms with Crippen LogP contribution in [0.25, 0.3) is 28.3 Å². The van der Waals surface area contributed by atoms with Crippen LogP contribution in [0.3, 0.4) is 0 Å². The highest BCUT2D eigenvalue weighted by molar-refractivity contribution is 5.88. The van der Waals surface area contributed by atoms with Gasteiger partial charge in [-0.15, -0.1) is 5.10 Å². The molecular weight excluding hydrogens is 360 g/mol. The van der Waals surface area contributed by atoms with E-state index in [1.54, 1.807) is 17.0 Å². The van der Waals surface area contributed by atoms with Gasteiger partial charge in [0, 0.05) is 0 Å². The molecule has 0 spiro atoms. The van der Waals surface area contributed by atoms with Crippen molar-refractivity contribution in [1.29, 1.82) is 0 Å². The fourth-order valence-corrected chi connectivity index (χ4v) is 2.87. The lowest BCUT2D eigenvalue weighted by Gasteiger charge is -2.06. The normalized spacial score (nSPS) is 11.3. The van der Waals surface area contributed by atoms with Gasteiger partial charge in [0.05, 0.1) is 18.2 Å². The Kier molecular flexibility index (Phi) is 3.90. The van der Waals surface area contributed by atoms with E-state index < -0.39 is 0 Å². The summed E-state index contributed by atoms with van der Waals surface area (Å²) >= 11 is 0. The Balaban J connectivity index is 1.33. The third-order valence-corrected chi connectivity index (χ3v) is 4.19. The number of furan rings is 1. The van der Waals surface area contributed by atoms with E-state index >= 15 is 0 Å². The Morgan fingerprint density at radius 1 is 1.07 bits per heavy atom. The molecule has 0 saturated carbocycles. The summed E-state index contributed by atoms with van der Waals surface area (Å²) in [5, 5.41) is 12.0. The van der Waals surface area contributed by atoms with Gasteiger partial charge >= 0.3 is 0 Å². The van der Waals surface area contributed by atoms with E-state index in [-0.39, 0.29) is 0 Å². The summed E-state index contributed by atoms with van der Waals surface area (Å²) in [5.74, 6) is 3.26. The molecule has 0 radical (unpaired) electrons. The molecule has 0 unspecified atom stereocenters. The molecule has 0 aliphatic rings. The molecule has 0 amide bonds. The number of aromatic nitrogens is 6. The van der Waals surface area contributed by atoms with E-state index in [0.29, 0.717) is 41.9 Å². The predicted octanol–water partition coefficient (Wildman–Crippen LogP) is 3.24. The second kappa shape index (κ2) is 6.69. The number of hydrogen-bond acceptors (Lipinski definition) is 7. The van der Waals surface area contributed by atoms with Gasteiger partial charge in [-0.25, -0.2) is 14.5 Å². The molecule has 28 heavy (non-hydrogen) atoms. The fraction of sp³-hybridized carbons (Fsp3) is 0.158. The molecule has 4 heterocycles. The van der Waals surface area contributed by atoms with Crippen LogP contribution in [0.4, 0.5) is 0 Å². The zero-order chi connectivity index (χ0) is 18.9. The minimum Gasteiger partial charge on any atom is -0.494 e. The Labute approximate surface area is 158 Å². The summed E-state index contributed by atoms with van der Waals surface area (Å²) in [5.41, 5.74) is 1.33. The van der Waals surface area contributed by atoms with Crippen molar-refractivity contribution in [2.45, 2.75) is 13.5 Å². The highest BCUT2D eigenvalue weighted by atomic mass is 16.5. The minimum absolute atomic E-state index is 0.300. The first-order chi connectivity index (χ1) is 13.8. The first-order valence-corrected chi connectivity index (χ1v) is 8.79. The van der Waals surface area contributed by atoms with Gasteiger partial charge in [0.25, 0.3) is 0 Å². The zero-order valence-electron chi connectivity index (χ0n) is 15.0. The van der Waals surface area contributed by atoms with Gasteiger partial charge in [-0.2, -0.15) is 5.10 Å². The minimum atomic E-state index is 0.300. The van der Waals surface area contributed by atoms with Gasteiger partial charge in [0.15, 0.2) is 17.1 Å². The molecule has 1 N–H and O–H groups in total. The summed E-state index contributed by atoms with van der Waals surface area (Å²) in [6.07, 6.45) is 3.26. The number of H-pyrrole nitrogens is 1. The summed E-state index contributed by atoms with van der Waals surface area (Å²) in [6, 6.07) is 11.1. The maximum absolute atomic E-state index is 5.84. The lowest BCUT2D eigenvalue weighted by molar-refractivity contribution is 0.271. The van der Waals surface area contributed by atoms with Crippen LogP contribution in [0.2, 0.25) is 0 Å². The highest BCUT2D eigenvalue weighted by Crippen LogP contribution is 2.23. The molecule has 0 saturated heterocycles. The van der Waals surface area contributed by atoms with Crippen molar-refractivity contribution in [3.8, 4) is 23.1 Å². The standard InChI is InChI=1S/C19H16N6O3/c1-2-26-12-3-5-13(6-4-12)27-10-14-7-8-16(28-14)18-22-19-15-9-21-23-17(15)20-11-25(19)24-18/h3-9,11H,2,10H2,1H3,(H,21,23). The average Bonchev–Trinajstić information content (AvgIpc) is 3.45. The maximum Gasteiger partial charge on any atom is 0.217 e. The number of benzene rings is 1. The maximum atomic E-state index is 5.84. The Bertz CT molecular complexity index is 1240. The van der Waals surface area contributed by atoms with Crippen molar-refractivity contribution in [3.05, 3.63) is 54.7 Å². The molecule has 1 aromatic carbocycles. The van der Waals surface area contributed by atoms with Crippen molar-refractivity contribution in [1.82, 2.24) is 29.8 Å². The van der Waals surface area contributed by atoms with Crippen LogP contribution in [0.5, 0.6) is 11.5 Å². The third-order valence-electron chi connectivity index (χ3n) is 4.19. The van der Waals surface area contributed by atoms with Crippen LogP contribution in [-0.2, 0) is 6.61 Å². The lowest BCUT2D eigenvalue weighted by atomic mass is 10.3. The Morgan fingerprint density at radius 3 is 2.71 bits per heavy atom. The van der Waals surface area contributed by atoms with Crippen molar-refractivity contribution in [2.24, 2.45) is 0 Å². The SMILES string of the molecule is CCOc1ccc(OCc2ccc(-c3nc4c5cn[nH]c5ncn4n3)o2)cc1. The topological polar surface area (TPSA) is 103 Å². The van der Waals surface area contributed by atoms with Crippen LogP contribution in [0.15, 0.2) is 53.3 Å². The number of ether oxygens (including phenoxy) is 2. The van der Waals surface area contributed by atoms with E-state index in [9.17, 15) is 0 Å². The molecule has 0 bridgehead atoms. The average molecular weight is 376 g/mol. The van der Waals surface area contributed by atoms with Crippen LogP contribution in [0, 0.1) is 0 Å². The van der Waals surface area contributed by atoms with Gasteiger partial charge in [-0.3, -0.25) is 5.10 Å². The van der Waals surface area contributed by atoms with Crippen LogP contribution >= 0.6 is 0 Å². The van der Waals surface area contributed by atoms with Crippen molar-refractivity contribution < 1.29 is 13.9 Å². The predicted molar refractivity (Wildman–Crippen MR) is 100 cm³/mol.